The van der Waals surface area contributed by atoms with Gasteiger partial charge in [-0.25, -0.2) is 4.79 Å². The summed E-state index contributed by atoms with van der Waals surface area (Å²) in [6.07, 6.45) is 0.148. The minimum atomic E-state index is -0.617. The quantitative estimate of drug-likeness (QED) is 0.452. The maximum Gasteiger partial charge on any atom is 0.509 e. The van der Waals surface area contributed by atoms with Gasteiger partial charge in [0.25, 0.3) is 0 Å². The third-order valence-electron chi connectivity index (χ3n) is 5.52. The number of benzene rings is 2. The SMILES string of the molecule is CCC(OC(=O)OC(CC)c1ccc(C(C)(C)C)cc1)c1ccc(C(C)(C)C)cc1. The van der Waals surface area contributed by atoms with Crippen LogP contribution in [0.4, 0.5) is 4.79 Å². The van der Waals surface area contributed by atoms with Crippen LogP contribution in [-0.4, -0.2) is 6.16 Å². The van der Waals surface area contributed by atoms with E-state index < -0.39 is 6.16 Å². The second kappa shape index (κ2) is 9.68. The van der Waals surface area contributed by atoms with Crippen LogP contribution in [-0.2, 0) is 20.3 Å². The van der Waals surface area contributed by atoms with Crippen molar-refractivity contribution in [3.63, 3.8) is 0 Å². The molecule has 0 saturated heterocycles. The van der Waals surface area contributed by atoms with Gasteiger partial charge in [-0.15, -0.1) is 0 Å². The Hall–Kier alpha value is -2.29. The highest BCUT2D eigenvalue weighted by molar-refractivity contribution is 5.61. The first-order chi connectivity index (χ1) is 14.0. The van der Waals surface area contributed by atoms with Gasteiger partial charge in [0.15, 0.2) is 0 Å². The smallest absolute Gasteiger partial charge is 0.426 e. The van der Waals surface area contributed by atoms with Gasteiger partial charge in [0.2, 0.25) is 0 Å². The van der Waals surface area contributed by atoms with Gasteiger partial charge in [-0.1, -0.05) is 104 Å². The summed E-state index contributed by atoms with van der Waals surface area (Å²) in [5.74, 6) is 0. The fourth-order valence-corrected chi connectivity index (χ4v) is 3.43. The van der Waals surface area contributed by atoms with E-state index in [-0.39, 0.29) is 23.0 Å². The van der Waals surface area contributed by atoms with Gasteiger partial charge in [0.1, 0.15) is 12.2 Å². The summed E-state index contributed by atoms with van der Waals surface area (Å²) in [5, 5.41) is 0. The maximum atomic E-state index is 12.5. The molecule has 164 valence electrons. The van der Waals surface area contributed by atoms with Crippen LogP contribution in [0.25, 0.3) is 0 Å². The Morgan fingerprint density at radius 2 is 0.967 bits per heavy atom. The molecule has 30 heavy (non-hydrogen) atoms. The molecule has 0 heterocycles. The van der Waals surface area contributed by atoms with E-state index in [4.69, 9.17) is 9.47 Å². The van der Waals surface area contributed by atoms with Crippen LogP contribution < -0.4 is 0 Å². The van der Waals surface area contributed by atoms with Gasteiger partial charge in [-0.3, -0.25) is 0 Å². The van der Waals surface area contributed by atoms with E-state index in [9.17, 15) is 4.79 Å². The predicted octanol–water partition coefficient (Wildman–Crippen LogP) is 8.04. The molecule has 0 N–H and O–H groups in total. The lowest BCUT2D eigenvalue weighted by molar-refractivity contribution is -0.00519. The summed E-state index contributed by atoms with van der Waals surface area (Å²) in [4.78, 5) is 12.5. The molecule has 0 fully saturated rings. The first kappa shape index (κ1) is 24.0. The molecule has 2 atom stereocenters. The average Bonchev–Trinajstić information content (AvgIpc) is 2.69. The zero-order valence-electron chi connectivity index (χ0n) is 19.9. The van der Waals surface area contributed by atoms with Crippen molar-refractivity contribution < 1.29 is 14.3 Å². The zero-order chi connectivity index (χ0) is 22.5. The largest absolute Gasteiger partial charge is 0.509 e. The van der Waals surface area contributed by atoms with Crippen LogP contribution in [0.2, 0.25) is 0 Å². The summed E-state index contributed by atoms with van der Waals surface area (Å²) in [6.45, 7) is 17.1. The lowest BCUT2D eigenvalue weighted by Crippen LogP contribution is -2.17. The molecule has 0 aromatic heterocycles. The molecular formula is C27H38O3. The highest BCUT2D eigenvalue weighted by atomic mass is 16.7. The molecule has 2 aromatic carbocycles. The van der Waals surface area contributed by atoms with E-state index in [0.717, 1.165) is 11.1 Å². The molecule has 0 aliphatic rings. The van der Waals surface area contributed by atoms with Gasteiger partial charge in [0.05, 0.1) is 0 Å². The molecule has 0 aliphatic carbocycles. The number of rotatable bonds is 6. The van der Waals surface area contributed by atoms with Gasteiger partial charge in [0, 0.05) is 0 Å². The molecule has 0 aliphatic heterocycles. The third kappa shape index (κ3) is 6.35. The molecule has 0 bridgehead atoms. The van der Waals surface area contributed by atoms with E-state index in [1.54, 1.807) is 0 Å². The van der Waals surface area contributed by atoms with Crippen molar-refractivity contribution in [2.45, 2.75) is 91.3 Å². The summed E-state index contributed by atoms with van der Waals surface area (Å²) in [5.41, 5.74) is 4.69. The van der Waals surface area contributed by atoms with E-state index in [0.29, 0.717) is 12.8 Å². The molecule has 0 spiro atoms. The Morgan fingerprint density at radius 1 is 0.667 bits per heavy atom. The molecule has 3 nitrogen and oxygen atoms in total. The summed E-state index contributed by atoms with van der Waals surface area (Å²) in [6, 6.07) is 16.6. The second-order valence-electron chi connectivity index (χ2n) is 10.0. The van der Waals surface area contributed by atoms with Gasteiger partial charge < -0.3 is 9.47 Å². The summed E-state index contributed by atoms with van der Waals surface area (Å²) in [7, 11) is 0. The number of carbonyl (C=O) groups excluding carboxylic acids is 1. The van der Waals surface area contributed by atoms with Crippen molar-refractivity contribution in [3.05, 3.63) is 70.8 Å². The van der Waals surface area contributed by atoms with Crippen LogP contribution in [0.3, 0.4) is 0 Å². The fourth-order valence-electron chi connectivity index (χ4n) is 3.43. The predicted molar refractivity (Wildman–Crippen MR) is 124 cm³/mol. The lowest BCUT2D eigenvalue weighted by atomic mass is 9.86. The Kier molecular flexibility index (Phi) is 7.74. The normalized spacial score (nSPS) is 14.1. The summed E-state index contributed by atoms with van der Waals surface area (Å²) >= 11 is 0. The molecule has 2 aromatic rings. The van der Waals surface area contributed by atoms with Crippen molar-refractivity contribution in [1.82, 2.24) is 0 Å². The number of hydrogen-bond acceptors (Lipinski definition) is 3. The zero-order valence-corrected chi connectivity index (χ0v) is 19.9. The Morgan fingerprint density at radius 3 is 1.20 bits per heavy atom. The first-order valence-corrected chi connectivity index (χ1v) is 11.0. The van der Waals surface area contributed by atoms with E-state index in [1.165, 1.54) is 11.1 Å². The van der Waals surface area contributed by atoms with Gasteiger partial charge >= 0.3 is 6.16 Å². The van der Waals surface area contributed by atoms with Crippen molar-refractivity contribution >= 4 is 6.16 Å². The van der Waals surface area contributed by atoms with E-state index >= 15 is 0 Å². The van der Waals surface area contributed by atoms with Crippen LogP contribution in [0.15, 0.2) is 48.5 Å². The first-order valence-electron chi connectivity index (χ1n) is 11.0. The summed E-state index contributed by atoms with van der Waals surface area (Å²) < 4.78 is 11.4. The van der Waals surface area contributed by atoms with Crippen LogP contribution >= 0.6 is 0 Å². The molecule has 0 saturated carbocycles. The second-order valence-corrected chi connectivity index (χ2v) is 10.0. The number of hydrogen-bond donors (Lipinski definition) is 0. The third-order valence-corrected chi connectivity index (χ3v) is 5.52. The number of carbonyl (C=O) groups is 1. The van der Waals surface area contributed by atoms with Crippen molar-refractivity contribution in [2.24, 2.45) is 0 Å². The Labute approximate surface area is 182 Å². The standard InChI is InChI=1S/C27H38O3/c1-9-23(19-11-15-21(16-12-19)26(3,4)5)29-25(28)30-24(10-2)20-13-17-22(18-14-20)27(6,7)8/h11-18,23-24H,9-10H2,1-8H3. The van der Waals surface area contributed by atoms with Gasteiger partial charge in [-0.2, -0.15) is 0 Å². The lowest BCUT2D eigenvalue weighted by Gasteiger charge is -2.23. The van der Waals surface area contributed by atoms with Crippen LogP contribution in [0.1, 0.15) is 103 Å². The molecular weight excluding hydrogens is 372 g/mol. The maximum absolute atomic E-state index is 12.5. The molecule has 2 unspecified atom stereocenters. The number of ether oxygens (including phenoxy) is 2. The van der Waals surface area contributed by atoms with Crippen LogP contribution in [0.5, 0.6) is 0 Å². The average molecular weight is 411 g/mol. The fraction of sp³-hybridized carbons (Fsp3) is 0.519. The topological polar surface area (TPSA) is 35.5 Å². The van der Waals surface area contributed by atoms with E-state index in [1.807, 2.05) is 38.1 Å². The molecule has 0 radical (unpaired) electrons. The van der Waals surface area contributed by atoms with E-state index in [2.05, 4.69) is 65.8 Å². The Balaban J connectivity index is 2.06. The Bertz CT molecular complexity index is 736. The van der Waals surface area contributed by atoms with Gasteiger partial charge in [-0.05, 0) is 45.9 Å². The van der Waals surface area contributed by atoms with Crippen LogP contribution in [0, 0.1) is 0 Å². The molecule has 3 heteroatoms. The highest BCUT2D eigenvalue weighted by Gasteiger charge is 2.22. The monoisotopic (exact) mass is 410 g/mol. The molecule has 2 rings (SSSR count). The van der Waals surface area contributed by atoms with Crippen molar-refractivity contribution in [2.75, 3.05) is 0 Å². The van der Waals surface area contributed by atoms with Crippen molar-refractivity contribution in [1.29, 1.82) is 0 Å². The minimum Gasteiger partial charge on any atom is -0.426 e. The highest BCUT2D eigenvalue weighted by Crippen LogP contribution is 2.29. The minimum absolute atomic E-state index is 0.0942. The molecule has 0 amide bonds. The van der Waals surface area contributed by atoms with Crippen molar-refractivity contribution in [3.8, 4) is 0 Å².